The summed E-state index contributed by atoms with van der Waals surface area (Å²) in [7, 11) is 0. The molecule has 6 aromatic carbocycles. The van der Waals surface area contributed by atoms with Crippen molar-refractivity contribution in [3.05, 3.63) is 180 Å². The zero-order chi connectivity index (χ0) is 54.1. The zero-order valence-corrected chi connectivity index (χ0v) is 37.9. The first-order valence-electron chi connectivity index (χ1n) is 21.6. The topological polar surface area (TPSA) is 89.5 Å². The van der Waals surface area contributed by atoms with Crippen LogP contribution in [-0.4, -0.2) is 38.4 Å². The first-order chi connectivity index (χ1) is 35.0. The maximum atomic E-state index is 15.7. The minimum atomic E-state index is -4.95. The number of alkyl halides is 4. The van der Waals surface area contributed by atoms with E-state index in [1.54, 1.807) is 0 Å². The Bertz CT molecular complexity index is 2790. The second-order valence-electron chi connectivity index (χ2n) is 15.5. The number of ether oxygens (including phenoxy) is 6. The van der Waals surface area contributed by atoms with Crippen LogP contribution in [-0.2, 0) is 31.3 Å². The lowest BCUT2D eigenvalue weighted by atomic mass is 9.93. The summed E-state index contributed by atoms with van der Waals surface area (Å²) in [6.45, 7) is 6.31. The van der Waals surface area contributed by atoms with Crippen molar-refractivity contribution in [3.8, 4) is 56.4 Å². The molecule has 0 saturated heterocycles. The van der Waals surface area contributed by atoms with Gasteiger partial charge in [-0.2, -0.15) is 17.6 Å². The van der Waals surface area contributed by atoms with E-state index < -0.39 is 116 Å². The molecule has 6 rings (SSSR count). The van der Waals surface area contributed by atoms with Gasteiger partial charge >= 0.3 is 24.2 Å². The van der Waals surface area contributed by atoms with Gasteiger partial charge in [0.1, 0.15) is 57.4 Å². The number of unbranched alkanes of at least 4 members (excludes halogenated alkanes) is 2. The van der Waals surface area contributed by atoms with Gasteiger partial charge in [0.15, 0.2) is 34.9 Å². The lowest BCUT2D eigenvalue weighted by Gasteiger charge is -2.21. The molecule has 0 unspecified atom stereocenters. The summed E-state index contributed by atoms with van der Waals surface area (Å²) in [5, 5.41) is 0. The smallest absolute Gasteiger partial charge is 0.432 e. The minimum absolute atomic E-state index is 0.0208. The van der Waals surface area contributed by atoms with Crippen molar-refractivity contribution >= 4 is 11.9 Å². The first kappa shape index (κ1) is 55.3. The average Bonchev–Trinajstić information content (AvgIpc) is 3.33. The first-order valence-corrected chi connectivity index (χ1v) is 21.6. The van der Waals surface area contributed by atoms with Crippen molar-refractivity contribution in [2.75, 3.05) is 26.4 Å². The van der Waals surface area contributed by atoms with E-state index in [1.807, 2.05) is 0 Å². The molecule has 0 atom stereocenters. The van der Waals surface area contributed by atoms with Crippen LogP contribution in [0.25, 0.3) is 33.4 Å². The van der Waals surface area contributed by atoms with Crippen molar-refractivity contribution < 1.29 is 99.5 Å². The second-order valence-corrected chi connectivity index (χ2v) is 15.5. The number of esters is 2. The second kappa shape index (κ2) is 23.7. The molecule has 0 bridgehead atoms. The van der Waals surface area contributed by atoms with Gasteiger partial charge in [0.25, 0.3) is 0 Å². The molecule has 8 nitrogen and oxygen atoms in total. The van der Waals surface area contributed by atoms with Crippen LogP contribution >= 0.6 is 0 Å². The highest BCUT2D eigenvalue weighted by molar-refractivity contribution is 5.85. The molecule has 0 heterocycles. The average molecular weight is 1050 g/mol. The SMILES string of the molecule is C=CC(=O)OCCCCOc1ccc(-c2cc(F)c(C(F)(F)Oc3cc(F)c(F)c(F)c3)c(F)c2)cc1-c1cc(-c2cc(F)c(C(F)(F)Oc3cc(F)c(F)c(F)c3)c(F)c2)ccc1OCCCCOC(=O)C=C. The van der Waals surface area contributed by atoms with Crippen LogP contribution in [0, 0.1) is 58.2 Å². The summed E-state index contributed by atoms with van der Waals surface area (Å²) >= 11 is 0. The number of benzene rings is 6. The molecular weight excluding hydrogens is 1020 g/mol. The standard InChI is InChI=1S/C52H36F14O8/c1-3-45(67)71-15-7-5-13-69-43-11-9-27(29-19-35(53)47(36(54)20-29)51(63,64)73-31-23-39(57)49(61)40(58)24-31)17-33(43)34-18-28(10-12-44(34)70-14-6-8-16-72-46(68)4-2)30-21-37(55)48(38(56)22-30)52(65,66)74-32-25-41(59)50(62)42(60)26-32/h3-4,9-12,17-26H,1-2,5-8,13-16H2. The zero-order valence-electron chi connectivity index (χ0n) is 37.9. The molecule has 0 saturated carbocycles. The third-order valence-corrected chi connectivity index (χ3v) is 10.4. The summed E-state index contributed by atoms with van der Waals surface area (Å²) in [6.07, 6.45) is -7.00. The Morgan fingerprint density at radius 1 is 0.419 bits per heavy atom. The van der Waals surface area contributed by atoms with E-state index in [0.29, 0.717) is 24.3 Å². The van der Waals surface area contributed by atoms with Crippen LogP contribution in [0.1, 0.15) is 36.8 Å². The van der Waals surface area contributed by atoms with E-state index in [0.717, 1.165) is 12.2 Å². The lowest BCUT2D eigenvalue weighted by Crippen LogP contribution is -2.25. The Kier molecular flexibility index (Phi) is 17.7. The van der Waals surface area contributed by atoms with E-state index >= 15 is 35.1 Å². The number of halogens is 14. The van der Waals surface area contributed by atoms with Crippen LogP contribution in [0.2, 0.25) is 0 Å². The Morgan fingerprint density at radius 2 is 0.730 bits per heavy atom. The fourth-order valence-electron chi connectivity index (χ4n) is 6.94. The molecule has 0 radical (unpaired) electrons. The van der Waals surface area contributed by atoms with Crippen molar-refractivity contribution in [3.63, 3.8) is 0 Å². The molecule has 0 aromatic heterocycles. The van der Waals surface area contributed by atoms with E-state index in [9.17, 15) is 35.9 Å². The van der Waals surface area contributed by atoms with Gasteiger partial charge in [0, 0.05) is 47.5 Å². The Balaban J connectivity index is 1.43. The quantitative estimate of drug-likeness (QED) is 0.0206. The molecular formula is C52H36F14O8. The van der Waals surface area contributed by atoms with E-state index in [2.05, 4.69) is 22.6 Å². The van der Waals surface area contributed by atoms with Crippen molar-refractivity contribution in [2.45, 2.75) is 37.9 Å². The lowest BCUT2D eigenvalue weighted by molar-refractivity contribution is -0.190. The monoisotopic (exact) mass is 1050 g/mol. The molecule has 22 heteroatoms. The van der Waals surface area contributed by atoms with Gasteiger partial charge in [-0.25, -0.2) is 53.5 Å². The number of rotatable bonds is 23. The highest BCUT2D eigenvalue weighted by atomic mass is 19.3. The number of hydrogen-bond donors (Lipinski definition) is 0. The fourth-order valence-corrected chi connectivity index (χ4v) is 6.94. The van der Waals surface area contributed by atoms with E-state index in [-0.39, 0.29) is 110 Å². The molecule has 0 fully saturated rings. The number of carbonyl (C=O) groups is 2. The molecule has 0 aliphatic rings. The van der Waals surface area contributed by atoms with Gasteiger partial charge in [0.2, 0.25) is 0 Å². The third kappa shape index (κ3) is 13.3. The summed E-state index contributed by atoms with van der Waals surface area (Å²) in [4.78, 5) is 23.0. The van der Waals surface area contributed by atoms with Crippen LogP contribution in [0.15, 0.2) is 110 Å². The molecule has 0 aliphatic heterocycles. The van der Waals surface area contributed by atoms with E-state index in [1.165, 1.54) is 36.4 Å². The maximum absolute atomic E-state index is 15.7. The van der Waals surface area contributed by atoms with Crippen molar-refractivity contribution in [2.24, 2.45) is 0 Å². The molecule has 74 heavy (non-hydrogen) atoms. The van der Waals surface area contributed by atoms with Gasteiger partial charge < -0.3 is 28.4 Å². The molecule has 0 aliphatic carbocycles. The molecule has 0 N–H and O–H groups in total. The van der Waals surface area contributed by atoms with Gasteiger partial charge in [-0.15, -0.1) is 0 Å². The van der Waals surface area contributed by atoms with Gasteiger partial charge in [-0.1, -0.05) is 25.3 Å². The van der Waals surface area contributed by atoms with Crippen LogP contribution in [0.4, 0.5) is 61.5 Å². The summed E-state index contributed by atoms with van der Waals surface area (Å²) < 4.78 is 237. The van der Waals surface area contributed by atoms with Gasteiger partial charge in [-0.3, -0.25) is 0 Å². The van der Waals surface area contributed by atoms with Crippen LogP contribution in [0.5, 0.6) is 23.0 Å². The molecule has 6 aromatic rings. The van der Waals surface area contributed by atoms with Gasteiger partial charge in [0.05, 0.1) is 26.4 Å². The maximum Gasteiger partial charge on any atom is 0.432 e. The van der Waals surface area contributed by atoms with E-state index in [4.69, 9.17) is 18.9 Å². The fraction of sp³-hybridized carbons (Fsp3) is 0.192. The van der Waals surface area contributed by atoms with Crippen molar-refractivity contribution in [1.82, 2.24) is 0 Å². The van der Waals surface area contributed by atoms with Gasteiger partial charge in [-0.05, 0) is 96.5 Å². The predicted molar refractivity (Wildman–Crippen MR) is 236 cm³/mol. The predicted octanol–water partition coefficient (Wildman–Crippen LogP) is 14.1. The summed E-state index contributed by atoms with van der Waals surface area (Å²) in [6, 6.07) is 9.41. The number of carbonyl (C=O) groups excluding carboxylic acids is 2. The Morgan fingerprint density at radius 3 is 1.04 bits per heavy atom. The highest BCUT2D eigenvalue weighted by Crippen LogP contribution is 2.44. The highest BCUT2D eigenvalue weighted by Gasteiger charge is 2.43. The third-order valence-electron chi connectivity index (χ3n) is 10.4. The normalized spacial score (nSPS) is 11.5. The largest absolute Gasteiger partial charge is 0.493 e. The molecule has 0 spiro atoms. The minimum Gasteiger partial charge on any atom is -0.493 e. The molecule has 390 valence electrons. The number of hydrogen-bond acceptors (Lipinski definition) is 8. The van der Waals surface area contributed by atoms with Crippen LogP contribution < -0.4 is 18.9 Å². The van der Waals surface area contributed by atoms with Crippen molar-refractivity contribution in [1.29, 1.82) is 0 Å². The Hall–Kier alpha value is -8.04. The Labute approximate surface area is 410 Å². The molecule has 0 amide bonds. The van der Waals surface area contributed by atoms with Crippen LogP contribution in [0.3, 0.4) is 0 Å². The summed E-state index contributed by atoms with van der Waals surface area (Å²) in [5.41, 5.74) is -5.15. The summed E-state index contributed by atoms with van der Waals surface area (Å²) in [5.74, 6) is -23.7.